The van der Waals surface area contributed by atoms with Gasteiger partial charge in [0.05, 0.1) is 24.7 Å². The van der Waals surface area contributed by atoms with Crippen molar-refractivity contribution in [1.29, 1.82) is 0 Å². The standard InChI is InChI=1S/C19H19NO5S/c1-25-14-5-2-12(3-6-14)9-17-19(24)20(10-18(22)23)15-8-13(11-21)4-7-16(15)26-17/h2-8,17,21H,9-11H2,1H3,(H,22,23). The second-order valence-electron chi connectivity index (χ2n) is 5.94. The highest BCUT2D eigenvalue weighted by molar-refractivity contribution is 8.01. The maximum atomic E-state index is 12.9. The third-order valence-corrected chi connectivity index (χ3v) is 5.43. The Hall–Kier alpha value is -2.51. The van der Waals surface area contributed by atoms with Gasteiger partial charge in [-0.2, -0.15) is 0 Å². The summed E-state index contributed by atoms with van der Waals surface area (Å²) in [6.45, 7) is -0.567. The molecule has 3 rings (SSSR count). The molecule has 1 amide bonds. The molecule has 6 nitrogen and oxygen atoms in total. The highest BCUT2D eigenvalue weighted by Gasteiger charge is 2.34. The number of rotatable bonds is 6. The van der Waals surface area contributed by atoms with Crippen LogP contribution in [0.1, 0.15) is 11.1 Å². The molecule has 2 aromatic carbocycles. The van der Waals surface area contributed by atoms with Crippen molar-refractivity contribution >= 4 is 29.3 Å². The minimum absolute atomic E-state index is 0.164. The summed E-state index contributed by atoms with van der Waals surface area (Å²) in [5.74, 6) is -0.574. The lowest BCUT2D eigenvalue weighted by molar-refractivity contribution is -0.136. The van der Waals surface area contributed by atoms with E-state index >= 15 is 0 Å². The van der Waals surface area contributed by atoms with Crippen molar-refractivity contribution in [2.24, 2.45) is 0 Å². The first-order chi connectivity index (χ1) is 12.5. The van der Waals surface area contributed by atoms with Gasteiger partial charge in [0.1, 0.15) is 12.3 Å². The number of thioether (sulfide) groups is 1. The first-order valence-electron chi connectivity index (χ1n) is 8.08. The minimum atomic E-state index is -1.08. The summed E-state index contributed by atoms with van der Waals surface area (Å²) in [5.41, 5.74) is 2.16. The van der Waals surface area contributed by atoms with Gasteiger partial charge in [-0.15, -0.1) is 11.8 Å². The first kappa shape index (κ1) is 18.3. The molecule has 2 aromatic rings. The van der Waals surface area contributed by atoms with Gasteiger partial charge in [0.2, 0.25) is 5.91 Å². The van der Waals surface area contributed by atoms with Crippen LogP contribution >= 0.6 is 11.8 Å². The number of carbonyl (C=O) groups is 2. The van der Waals surface area contributed by atoms with E-state index in [9.17, 15) is 19.8 Å². The van der Waals surface area contributed by atoms with Crippen LogP contribution in [0.25, 0.3) is 0 Å². The Morgan fingerprint density at radius 1 is 1.19 bits per heavy atom. The van der Waals surface area contributed by atoms with Gasteiger partial charge in [0.25, 0.3) is 0 Å². The van der Waals surface area contributed by atoms with Crippen molar-refractivity contribution in [3.63, 3.8) is 0 Å². The van der Waals surface area contributed by atoms with Crippen LogP contribution in [0.15, 0.2) is 47.4 Å². The number of fused-ring (bicyclic) bond motifs is 1. The fourth-order valence-corrected chi connectivity index (χ4v) is 4.12. The van der Waals surface area contributed by atoms with Crippen LogP contribution in [0.5, 0.6) is 5.75 Å². The number of amides is 1. The lowest BCUT2D eigenvalue weighted by Crippen LogP contribution is -2.44. The quantitative estimate of drug-likeness (QED) is 0.808. The van der Waals surface area contributed by atoms with Crippen molar-refractivity contribution in [2.75, 3.05) is 18.6 Å². The van der Waals surface area contributed by atoms with Gasteiger partial charge >= 0.3 is 5.97 Å². The first-order valence-corrected chi connectivity index (χ1v) is 8.96. The molecule has 1 heterocycles. The van der Waals surface area contributed by atoms with Crippen molar-refractivity contribution in [3.8, 4) is 5.75 Å². The van der Waals surface area contributed by atoms with E-state index < -0.39 is 17.8 Å². The predicted molar refractivity (Wildman–Crippen MR) is 98.7 cm³/mol. The predicted octanol–water partition coefficient (Wildman–Crippen LogP) is 2.32. The number of carbonyl (C=O) groups excluding carboxylic acids is 1. The zero-order chi connectivity index (χ0) is 18.7. The maximum Gasteiger partial charge on any atom is 0.323 e. The third-order valence-electron chi connectivity index (χ3n) is 4.18. The number of benzene rings is 2. The third kappa shape index (κ3) is 3.84. The summed E-state index contributed by atoms with van der Waals surface area (Å²) in [6.07, 6.45) is 0.491. The van der Waals surface area contributed by atoms with Crippen molar-refractivity contribution < 1.29 is 24.5 Å². The topological polar surface area (TPSA) is 87.1 Å². The van der Waals surface area contributed by atoms with Crippen molar-refractivity contribution in [2.45, 2.75) is 23.2 Å². The number of methoxy groups -OCH3 is 1. The van der Waals surface area contributed by atoms with Gasteiger partial charge < -0.3 is 14.9 Å². The summed E-state index contributed by atoms with van der Waals surface area (Å²) in [7, 11) is 1.59. The number of hydrogen-bond acceptors (Lipinski definition) is 5. The second-order valence-corrected chi connectivity index (χ2v) is 7.18. The van der Waals surface area contributed by atoms with Crippen molar-refractivity contribution in [3.05, 3.63) is 53.6 Å². The Morgan fingerprint density at radius 2 is 1.88 bits per heavy atom. The largest absolute Gasteiger partial charge is 0.497 e. The van der Waals surface area contributed by atoms with Crippen LogP contribution in [0.4, 0.5) is 5.69 Å². The van der Waals surface area contributed by atoms with Gasteiger partial charge in [0.15, 0.2) is 0 Å². The summed E-state index contributed by atoms with van der Waals surface area (Å²) in [4.78, 5) is 26.3. The average molecular weight is 373 g/mol. The Kier molecular flexibility index (Phi) is 5.49. The Labute approximate surface area is 155 Å². The lowest BCUT2D eigenvalue weighted by atomic mass is 10.1. The molecule has 0 spiro atoms. The molecule has 1 atom stereocenters. The molecule has 1 aliphatic rings. The second kappa shape index (κ2) is 7.80. The van der Waals surface area contributed by atoms with E-state index in [0.29, 0.717) is 17.7 Å². The molecule has 0 saturated heterocycles. The van der Waals surface area contributed by atoms with Crippen LogP contribution in [-0.4, -0.2) is 41.0 Å². The lowest BCUT2D eigenvalue weighted by Gasteiger charge is -2.33. The van der Waals surface area contributed by atoms with Crippen LogP contribution in [0.3, 0.4) is 0 Å². The van der Waals surface area contributed by atoms with E-state index in [2.05, 4.69) is 0 Å². The molecular formula is C19H19NO5S. The molecule has 0 aromatic heterocycles. The van der Waals surface area contributed by atoms with Gasteiger partial charge in [-0.3, -0.25) is 14.5 Å². The fraction of sp³-hybridized carbons (Fsp3) is 0.263. The number of ether oxygens (including phenoxy) is 1. The Morgan fingerprint density at radius 3 is 2.50 bits per heavy atom. The normalized spacial score (nSPS) is 16.3. The molecule has 26 heavy (non-hydrogen) atoms. The van der Waals surface area contributed by atoms with E-state index in [1.807, 2.05) is 30.3 Å². The number of anilines is 1. The number of hydrogen-bond donors (Lipinski definition) is 2. The van der Waals surface area contributed by atoms with Crippen LogP contribution in [-0.2, 0) is 22.6 Å². The molecule has 2 N–H and O–H groups in total. The Balaban J connectivity index is 1.90. The number of aliphatic carboxylic acids is 1. The summed E-state index contributed by atoms with van der Waals surface area (Å²) in [5, 5.41) is 18.1. The smallest absolute Gasteiger partial charge is 0.323 e. The highest BCUT2D eigenvalue weighted by Crippen LogP contribution is 2.41. The molecule has 0 radical (unpaired) electrons. The van der Waals surface area contributed by atoms with E-state index in [1.165, 1.54) is 16.7 Å². The fourth-order valence-electron chi connectivity index (χ4n) is 2.87. The maximum absolute atomic E-state index is 12.9. The molecule has 0 saturated carbocycles. The van der Waals surface area contributed by atoms with Gasteiger partial charge in [-0.05, 0) is 41.8 Å². The van der Waals surface area contributed by atoms with Crippen LogP contribution in [0, 0.1) is 0 Å². The minimum Gasteiger partial charge on any atom is -0.497 e. The summed E-state index contributed by atoms with van der Waals surface area (Å²) >= 11 is 1.42. The zero-order valence-electron chi connectivity index (χ0n) is 14.2. The number of nitrogens with zero attached hydrogens (tertiary/aromatic N) is 1. The molecule has 7 heteroatoms. The van der Waals surface area contributed by atoms with E-state index in [4.69, 9.17) is 4.74 Å². The number of aliphatic hydroxyl groups is 1. The van der Waals surface area contributed by atoms with Crippen LogP contribution < -0.4 is 9.64 Å². The Bertz CT molecular complexity index is 821. The highest BCUT2D eigenvalue weighted by atomic mass is 32.2. The molecule has 1 unspecified atom stereocenters. The summed E-state index contributed by atoms with van der Waals surface area (Å²) < 4.78 is 5.14. The monoisotopic (exact) mass is 373 g/mol. The van der Waals surface area contributed by atoms with Gasteiger partial charge in [0, 0.05) is 4.90 Å². The number of carboxylic acids is 1. The molecular weight excluding hydrogens is 354 g/mol. The van der Waals surface area contributed by atoms with Crippen molar-refractivity contribution in [1.82, 2.24) is 0 Å². The number of carboxylic acid groups (broad SMARTS) is 1. The molecule has 136 valence electrons. The zero-order valence-corrected chi connectivity index (χ0v) is 15.0. The average Bonchev–Trinajstić information content (AvgIpc) is 2.65. The van der Waals surface area contributed by atoms with Gasteiger partial charge in [-0.25, -0.2) is 0 Å². The van der Waals surface area contributed by atoms with E-state index in [1.54, 1.807) is 19.2 Å². The molecule has 0 fully saturated rings. The van der Waals surface area contributed by atoms with Crippen LogP contribution in [0.2, 0.25) is 0 Å². The van der Waals surface area contributed by atoms with Gasteiger partial charge in [-0.1, -0.05) is 18.2 Å². The number of aliphatic hydroxyl groups excluding tert-OH is 1. The summed E-state index contributed by atoms with van der Waals surface area (Å²) in [6, 6.07) is 12.8. The van der Waals surface area contributed by atoms with E-state index in [0.717, 1.165) is 16.2 Å². The molecule has 0 bridgehead atoms. The molecule has 0 aliphatic carbocycles. The SMILES string of the molecule is COc1ccc(CC2Sc3ccc(CO)cc3N(CC(=O)O)C2=O)cc1. The van der Waals surface area contributed by atoms with E-state index in [-0.39, 0.29) is 12.5 Å². The molecule has 1 aliphatic heterocycles.